The summed E-state index contributed by atoms with van der Waals surface area (Å²) in [4.78, 5) is 149. The number of hydrogen-bond acceptors (Lipinski definition) is 25. The summed E-state index contributed by atoms with van der Waals surface area (Å²) in [5.41, 5.74) is 1.96. The molecule has 0 radical (unpaired) electrons. The molecule has 37 heteroatoms. The highest BCUT2D eigenvalue weighted by atomic mass is 32.2. The first-order chi connectivity index (χ1) is 62.4. The van der Waals surface area contributed by atoms with Crippen molar-refractivity contribution in [1.82, 2.24) is 52.9 Å². The molecular weight excluding hydrogens is 1740 g/mol. The molecule has 5 fully saturated rings. The number of esters is 2. The van der Waals surface area contributed by atoms with Gasteiger partial charge in [-0.2, -0.15) is 23.5 Å². The van der Waals surface area contributed by atoms with Crippen molar-refractivity contribution in [2.75, 3.05) is 164 Å². The van der Waals surface area contributed by atoms with Crippen LogP contribution in [0.15, 0.2) is 127 Å². The predicted molar refractivity (Wildman–Crippen MR) is 498 cm³/mol. The minimum atomic E-state index is -1.15. The number of amides is 11. The molecule has 0 saturated carbocycles. The second kappa shape index (κ2) is 63.0. The van der Waals surface area contributed by atoms with Crippen LogP contribution in [0.3, 0.4) is 0 Å². The van der Waals surface area contributed by atoms with Gasteiger partial charge < -0.3 is 100 Å². The van der Waals surface area contributed by atoms with Gasteiger partial charge >= 0.3 is 30.0 Å². The highest BCUT2D eigenvalue weighted by Gasteiger charge is 2.44. The highest BCUT2D eigenvalue weighted by Crippen LogP contribution is 2.37. The number of nitrogens with one attached hydrogen (secondary N) is 9. The van der Waals surface area contributed by atoms with Gasteiger partial charge in [-0.1, -0.05) is 140 Å². The van der Waals surface area contributed by atoms with Gasteiger partial charge in [0.25, 0.3) is 23.6 Å². The van der Waals surface area contributed by atoms with Gasteiger partial charge in [0.1, 0.15) is 0 Å². The Labute approximate surface area is 768 Å². The van der Waals surface area contributed by atoms with E-state index in [0.717, 1.165) is 95.8 Å². The Bertz CT molecular complexity index is 4200. The van der Waals surface area contributed by atoms with E-state index in [4.69, 9.17) is 52.2 Å². The van der Waals surface area contributed by atoms with E-state index in [1.807, 2.05) is 115 Å². The average Bonchev–Trinajstić information content (AvgIpc) is 1.69. The third kappa shape index (κ3) is 40.2. The lowest BCUT2D eigenvalue weighted by Gasteiger charge is -2.22. The van der Waals surface area contributed by atoms with E-state index < -0.39 is 31.7 Å². The number of ether oxygens (including phenoxy) is 10. The van der Waals surface area contributed by atoms with Crippen LogP contribution in [0.1, 0.15) is 165 Å². The Morgan fingerprint density at radius 3 is 1.29 bits per heavy atom. The normalized spacial score (nSPS) is 16.9. The van der Waals surface area contributed by atoms with Crippen molar-refractivity contribution in [3.05, 3.63) is 150 Å². The number of carbonyl (C=O) groups excluding carboxylic acids is 12. The van der Waals surface area contributed by atoms with E-state index in [1.165, 1.54) is 14.2 Å². The Kier molecular flexibility index (Phi) is 52.1. The van der Waals surface area contributed by atoms with Gasteiger partial charge in [0, 0.05) is 103 Å². The van der Waals surface area contributed by atoms with E-state index >= 15 is 0 Å². The Morgan fingerprint density at radius 2 is 0.822 bits per heavy atom. The van der Waals surface area contributed by atoms with Gasteiger partial charge in [0.2, 0.25) is 17.7 Å². The molecule has 7 atom stereocenters. The Balaban J connectivity index is 0.000000293. The molecule has 708 valence electrons. The molecule has 0 spiro atoms. The molecule has 5 saturated heterocycles. The number of hydrogen-bond donors (Lipinski definition) is 9. The lowest BCUT2D eigenvalue weighted by atomic mass is 10.0. The van der Waals surface area contributed by atoms with Gasteiger partial charge in [-0.3, -0.25) is 33.6 Å². The number of thioether (sulfide) groups is 2. The van der Waals surface area contributed by atoms with Crippen molar-refractivity contribution in [2.24, 2.45) is 0 Å². The summed E-state index contributed by atoms with van der Waals surface area (Å²) in [7, 11) is 1.85. The predicted octanol–water partition coefficient (Wildman–Crippen LogP) is 6.71. The van der Waals surface area contributed by atoms with Crippen LogP contribution in [0, 0.1) is 0 Å². The number of imide groups is 1. The van der Waals surface area contributed by atoms with Gasteiger partial charge in [-0.25, -0.2) is 24.0 Å². The zero-order valence-corrected chi connectivity index (χ0v) is 77.0. The van der Waals surface area contributed by atoms with E-state index in [9.17, 15) is 57.5 Å². The molecule has 11 amide bonds. The smallest absolute Gasteiger partial charge is 0.338 e. The molecule has 5 aliphatic heterocycles. The zero-order valence-electron chi connectivity index (χ0n) is 73.5. The maximum atomic E-state index is 13.2. The van der Waals surface area contributed by atoms with Gasteiger partial charge in [-0.05, 0) is 110 Å². The molecule has 5 aromatic carbocycles. The molecule has 0 bridgehead atoms. The third-order valence-corrected chi connectivity index (χ3v) is 27.4. The number of benzene rings is 5. The Morgan fingerprint density at radius 1 is 0.426 bits per heavy atom. The molecule has 5 aromatic rings. The topological polar surface area (TPSA) is 418 Å². The molecule has 0 aromatic heterocycles. The van der Waals surface area contributed by atoms with Crippen molar-refractivity contribution in [3.63, 3.8) is 0 Å². The molecule has 0 aliphatic carbocycles. The molecule has 33 nitrogen and oxygen atoms in total. The molecule has 7 unspecified atom stereocenters. The van der Waals surface area contributed by atoms with Crippen LogP contribution in [0.25, 0.3) is 0 Å². The minimum Gasteiger partial charge on any atom is -0.465 e. The molecule has 5 aliphatic rings. The number of nitrogens with zero attached hydrogens (tertiary/aromatic N) is 1. The van der Waals surface area contributed by atoms with Crippen molar-refractivity contribution < 1.29 is 110 Å². The van der Waals surface area contributed by atoms with E-state index in [2.05, 4.69) is 54.8 Å². The van der Waals surface area contributed by atoms with Crippen molar-refractivity contribution >= 4 is 138 Å². The number of carbonyl (C=O) groups is 12. The number of rotatable bonds is 59. The molecule has 129 heavy (non-hydrogen) atoms. The number of unbranched alkanes of at least 4 members (excludes halogenated alkanes) is 5. The van der Waals surface area contributed by atoms with Crippen molar-refractivity contribution in [3.8, 4) is 0 Å². The number of fused-ring (bicyclic) bond motifs is 2. The standard InChI is InChI=1S/C46H62N5O10PS.C25H40N4O10S.C20H24NO3P.CH4/c1-57-45(55)37-19-18-34(32-39(37)62(35-12-4-2-5-13-35)36-14-6-3-7-15-36)44(54)49-22-11-10-21-47-42(53)20-24-58-26-28-60-30-31-61-29-27-59-25-23-48-41(52)17-9-8-16-40-43-38(33-63-40)50-46(56)51-43;30-20(4-2-1-3-19-24-18(17-40-19)27-25(34)28-24)26-8-10-36-12-14-38-16-15-37-13-11-35-9-7-23(33)39-29-21(31)5-6-22(29)32;1-3-4-8-13-21-19(22)15-11-12-17(20(23)24-2)18(14-15)25-16-9-6-5-7-10-16;/h2-7,12-15,18-19,32,38,40,43H,8-11,16-17,20-31,33H2,1H3,(H,47,53)(H,48,52)(H,49,54)(H2,50,51,56);18-19,24H,1-17H2,(H,26,30)(H2,27,28,34);5-7,9-12,14,25H,3-4,8,13H2,1-2H3,(H,21,22);1H4. The second-order valence-corrected chi connectivity index (χ2v) is 36.2. The van der Waals surface area contributed by atoms with Crippen LogP contribution in [-0.2, 0) is 81.0 Å². The van der Waals surface area contributed by atoms with Crippen LogP contribution in [0.2, 0.25) is 0 Å². The summed E-state index contributed by atoms with van der Waals surface area (Å²) in [6.07, 6.45) is 11.4. The van der Waals surface area contributed by atoms with E-state index in [1.54, 1.807) is 36.4 Å². The average molecular weight is 1870 g/mol. The fourth-order valence-corrected chi connectivity index (χ4v) is 20.7. The lowest BCUT2D eigenvalue weighted by Crippen LogP contribution is -2.36. The number of urea groups is 2. The minimum absolute atomic E-state index is 0. The van der Waals surface area contributed by atoms with E-state index in [0.29, 0.717) is 182 Å². The van der Waals surface area contributed by atoms with Crippen LogP contribution < -0.4 is 74.4 Å². The quantitative estimate of drug-likeness (QED) is 0.00642. The van der Waals surface area contributed by atoms with Crippen LogP contribution in [0.4, 0.5) is 9.59 Å². The number of hydroxylamine groups is 2. The highest BCUT2D eigenvalue weighted by molar-refractivity contribution is 8.00. The fraction of sp³-hybridized carbons (Fsp3) is 0.543. The maximum absolute atomic E-state index is 13.2. The van der Waals surface area contributed by atoms with Gasteiger partial charge in [0.15, 0.2) is 0 Å². The maximum Gasteiger partial charge on any atom is 0.338 e. The number of methoxy groups -OCH3 is 2. The summed E-state index contributed by atoms with van der Waals surface area (Å²) in [6, 6.07) is 40.8. The third-order valence-electron chi connectivity index (χ3n) is 20.6. The van der Waals surface area contributed by atoms with E-state index in [-0.39, 0.29) is 133 Å². The van der Waals surface area contributed by atoms with Crippen molar-refractivity contribution in [1.29, 1.82) is 0 Å². The van der Waals surface area contributed by atoms with Crippen LogP contribution in [-0.4, -0.2) is 275 Å². The summed E-state index contributed by atoms with van der Waals surface area (Å²) in [5, 5.41) is 32.5. The van der Waals surface area contributed by atoms with Gasteiger partial charge in [0.05, 0.1) is 162 Å². The first-order valence-corrected chi connectivity index (χ1v) is 48.5. The Hall–Kier alpha value is -9.22. The summed E-state index contributed by atoms with van der Waals surface area (Å²) >= 11 is 3.78. The first-order valence-electron chi connectivity index (χ1n) is 44.0. The zero-order chi connectivity index (χ0) is 91.1. The molecule has 10 rings (SSSR count). The monoisotopic (exact) mass is 1870 g/mol. The van der Waals surface area contributed by atoms with Crippen molar-refractivity contribution in [2.45, 2.75) is 158 Å². The molecule has 9 N–H and O–H groups in total. The van der Waals surface area contributed by atoms with Crippen LogP contribution >= 0.6 is 40.0 Å². The lowest BCUT2D eigenvalue weighted by molar-refractivity contribution is -0.198. The molecular formula is C92H130N10O23P2S2. The largest absolute Gasteiger partial charge is 0.465 e. The van der Waals surface area contributed by atoms with Gasteiger partial charge in [-0.15, -0.1) is 5.06 Å². The summed E-state index contributed by atoms with van der Waals surface area (Å²) in [6.45, 7) is 10.5. The van der Waals surface area contributed by atoms with Crippen LogP contribution in [0.5, 0.6) is 0 Å². The first kappa shape index (κ1) is 107. The molecule has 5 heterocycles. The summed E-state index contributed by atoms with van der Waals surface area (Å²) in [5.74, 6) is -1.08. The second-order valence-electron chi connectivity index (χ2n) is 30.1. The SMILES string of the molecule is C.CCCCCNC(=O)c1ccc(C(=O)OC)c(Pc2ccccc2)c1.COC(=O)c1ccc(C(=O)NCCCCNC(=O)CCOCCOCCOCCOCCNC(=O)CCCCC2SCC3NC(=O)NC32)cc1P(c1ccccc1)c1ccccc1.O=C(CCCCC1SCC2NC(=O)NC21)NCCOCCOCCOCCOCCC(=O)ON1C(=O)CCC1=O. The summed E-state index contributed by atoms with van der Waals surface area (Å²) < 4.78 is 53.6. The fourth-order valence-electron chi connectivity index (χ4n) is 13.9.